The molecule has 30 heavy (non-hydrogen) atoms. The summed E-state index contributed by atoms with van der Waals surface area (Å²) in [5.41, 5.74) is 0.00338. The zero-order valence-electron chi connectivity index (χ0n) is 16.9. The Morgan fingerprint density at radius 3 is 2.63 bits per heavy atom. The highest BCUT2D eigenvalue weighted by Crippen LogP contribution is 2.30. The maximum atomic E-state index is 12.9. The fourth-order valence-electron chi connectivity index (χ4n) is 3.53. The topological polar surface area (TPSA) is 107 Å². The lowest BCUT2D eigenvalue weighted by atomic mass is 10.2. The molecule has 2 N–H and O–H groups in total. The van der Waals surface area contributed by atoms with Crippen molar-refractivity contribution >= 4 is 38.9 Å². The van der Waals surface area contributed by atoms with Crippen molar-refractivity contribution in [1.82, 2.24) is 9.21 Å². The summed E-state index contributed by atoms with van der Waals surface area (Å²) in [6.45, 7) is 4.57. The SMILES string of the molecule is CCN(CC)S(=O)(=O)c1ccc(O)c(NC(=O)[C@@H]2CCCN2C(=O)c2cccs2)c1. The Bertz CT molecular complexity index is 1020. The number of carbonyl (C=O) groups excluding carboxylic acids is 2. The minimum Gasteiger partial charge on any atom is -0.506 e. The van der Waals surface area contributed by atoms with Gasteiger partial charge in [0.1, 0.15) is 11.8 Å². The number of likely N-dealkylation sites (tertiary alicyclic amines) is 1. The standard InChI is InChI=1S/C20H25N3O5S2/c1-3-22(4-2)30(27,28)14-9-10-17(24)15(13-14)21-19(25)16-7-5-11-23(16)20(26)18-8-6-12-29-18/h6,8-10,12-13,16,24H,3-5,7,11H2,1-2H3,(H,21,25)/t16-/m0/s1. The van der Waals surface area contributed by atoms with Crippen molar-refractivity contribution in [2.24, 2.45) is 0 Å². The van der Waals surface area contributed by atoms with Crippen LogP contribution in [0, 0.1) is 0 Å². The first-order valence-electron chi connectivity index (χ1n) is 9.78. The number of phenolic OH excluding ortho intramolecular Hbond substituents is 1. The van der Waals surface area contributed by atoms with Gasteiger partial charge < -0.3 is 15.3 Å². The molecule has 0 unspecified atom stereocenters. The molecular formula is C20H25N3O5S2. The maximum absolute atomic E-state index is 12.9. The van der Waals surface area contributed by atoms with E-state index < -0.39 is 22.0 Å². The number of phenols is 1. The Labute approximate surface area is 180 Å². The van der Waals surface area contributed by atoms with Crippen molar-refractivity contribution in [3.8, 4) is 5.75 Å². The van der Waals surface area contributed by atoms with Crippen LogP contribution in [0.2, 0.25) is 0 Å². The first kappa shape index (κ1) is 22.3. The van der Waals surface area contributed by atoms with Gasteiger partial charge in [-0.25, -0.2) is 8.42 Å². The molecule has 3 rings (SSSR count). The van der Waals surface area contributed by atoms with Crippen LogP contribution in [0.5, 0.6) is 5.75 Å². The van der Waals surface area contributed by atoms with Gasteiger partial charge >= 0.3 is 0 Å². The van der Waals surface area contributed by atoms with Gasteiger partial charge in [-0.05, 0) is 42.5 Å². The van der Waals surface area contributed by atoms with E-state index >= 15 is 0 Å². The second-order valence-electron chi connectivity index (χ2n) is 6.89. The summed E-state index contributed by atoms with van der Waals surface area (Å²) in [4.78, 5) is 27.6. The van der Waals surface area contributed by atoms with E-state index in [0.29, 0.717) is 37.4 Å². The third kappa shape index (κ3) is 4.35. The second-order valence-corrected chi connectivity index (χ2v) is 9.78. The Morgan fingerprint density at radius 2 is 2.00 bits per heavy atom. The molecule has 0 aliphatic carbocycles. The van der Waals surface area contributed by atoms with E-state index in [4.69, 9.17) is 0 Å². The summed E-state index contributed by atoms with van der Waals surface area (Å²) in [5, 5.41) is 14.6. The molecule has 1 aromatic heterocycles. The summed E-state index contributed by atoms with van der Waals surface area (Å²) in [7, 11) is -3.74. The van der Waals surface area contributed by atoms with Crippen molar-refractivity contribution in [3.63, 3.8) is 0 Å². The molecule has 2 amide bonds. The summed E-state index contributed by atoms with van der Waals surface area (Å²) >= 11 is 1.32. The highest BCUT2D eigenvalue weighted by molar-refractivity contribution is 7.89. The molecule has 1 fully saturated rings. The highest BCUT2D eigenvalue weighted by atomic mass is 32.2. The van der Waals surface area contributed by atoms with Crippen LogP contribution in [-0.4, -0.2) is 60.2 Å². The normalized spacial score (nSPS) is 16.8. The number of benzene rings is 1. The van der Waals surface area contributed by atoms with Gasteiger partial charge in [-0.15, -0.1) is 11.3 Å². The lowest BCUT2D eigenvalue weighted by Gasteiger charge is -2.24. The number of rotatable bonds is 7. The van der Waals surface area contributed by atoms with Crippen LogP contribution in [-0.2, 0) is 14.8 Å². The van der Waals surface area contributed by atoms with Gasteiger partial charge in [0, 0.05) is 19.6 Å². The molecule has 1 saturated heterocycles. The third-order valence-electron chi connectivity index (χ3n) is 5.12. The number of nitrogens with zero attached hydrogens (tertiary/aromatic N) is 2. The average molecular weight is 452 g/mol. The molecule has 8 nitrogen and oxygen atoms in total. The first-order chi connectivity index (χ1) is 14.3. The van der Waals surface area contributed by atoms with Crippen LogP contribution in [0.15, 0.2) is 40.6 Å². The largest absolute Gasteiger partial charge is 0.506 e. The number of sulfonamides is 1. The van der Waals surface area contributed by atoms with Crippen molar-refractivity contribution in [2.75, 3.05) is 25.0 Å². The average Bonchev–Trinajstić information content (AvgIpc) is 3.42. The molecule has 162 valence electrons. The van der Waals surface area contributed by atoms with Crippen molar-refractivity contribution < 1.29 is 23.1 Å². The number of carbonyl (C=O) groups is 2. The van der Waals surface area contributed by atoms with Crippen molar-refractivity contribution in [3.05, 3.63) is 40.6 Å². The van der Waals surface area contributed by atoms with Crippen molar-refractivity contribution in [2.45, 2.75) is 37.6 Å². The first-order valence-corrected chi connectivity index (χ1v) is 12.1. The monoisotopic (exact) mass is 451 g/mol. The smallest absolute Gasteiger partial charge is 0.264 e. The van der Waals surface area contributed by atoms with E-state index in [2.05, 4.69) is 5.32 Å². The summed E-state index contributed by atoms with van der Waals surface area (Å²) in [6, 6.07) is 6.62. The number of amides is 2. The van der Waals surface area contributed by atoms with Gasteiger partial charge in [-0.3, -0.25) is 9.59 Å². The molecule has 2 heterocycles. The maximum Gasteiger partial charge on any atom is 0.264 e. The molecule has 0 saturated carbocycles. The van der Waals surface area contributed by atoms with Gasteiger partial charge in [0.2, 0.25) is 15.9 Å². The molecule has 2 aromatic rings. The van der Waals surface area contributed by atoms with E-state index in [1.807, 2.05) is 0 Å². The van der Waals surface area contributed by atoms with E-state index in [1.54, 1.807) is 31.4 Å². The number of aromatic hydroxyl groups is 1. The Kier molecular flexibility index (Phi) is 6.79. The molecule has 1 atom stereocenters. The lowest BCUT2D eigenvalue weighted by molar-refractivity contribution is -0.119. The molecule has 10 heteroatoms. The van der Waals surface area contributed by atoms with Gasteiger partial charge in [0.05, 0.1) is 15.5 Å². The van der Waals surface area contributed by atoms with Crippen LogP contribution >= 0.6 is 11.3 Å². The zero-order chi connectivity index (χ0) is 21.9. The quantitative estimate of drug-likeness (QED) is 0.630. The predicted molar refractivity (Wildman–Crippen MR) is 115 cm³/mol. The van der Waals surface area contributed by atoms with E-state index in [1.165, 1.54) is 38.7 Å². The predicted octanol–water partition coefficient (Wildman–Crippen LogP) is 2.73. The van der Waals surface area contributed by atoms with Gasteiger partial charge in [0.15, 0.2) is 0 Å². The van der Waals surface area contributed by atoms with Crippen LogP contribution in [0.25, 0.3) is 0 Å². The van der Waals surface area contributed by atoms with Crippen LogP contribution < -0.4 is 5.32 Å². The Balaban J connectivity index is 1.82. The van der Waals surface area contributed by atoms with Gasteiger partial charge in [-0.1, -0.05) is 19.9 Å². The van der Waals surface area contributed by atoms with Crippen LogP contribution in [0.3, 0.4) is 0 Å². The summed E-state index contributed by atoms with van der Waals surface area (Å²) in [5.74, 6) is -0.897. The van der Waals surface area contributed by atoms with E-state index in [9.17, 15) is 23.1 Å². The Morgan fingerprint density at radius 1 is 1.27 bits per heavy atom. The van der Waals surface area contributed by atoms with Gasteiger partial charge in [0.25, 0.3) is 5.91 Å². The van der Waals surface area contributed by atoms with E-state index in [0.717, 1.165) is 0 Å². The number of hydrogen-bond donors (Lipinski definition) is 2. The fourth-order valence-corrected chi connectivity index (χ4v) is 5.69. The Hall–Kier alpha value is -2.43. The minimum absolute atomic E-state index is 0.00338. The number of hydrogen-bond acceptors (Lipinski definition) is 6. The molecular weight excluding hydrogens is 426 g/mol. The van der Waals surface area contributed by atoms with Crippen LogP contribution in [0.4, 0.5) is 5.69 Å². The van der Waals surface area contributed by atoms with Crippen molar-refractivity contribution in [1.29, 1.82) is 0 Å². The summed E-state index contributed by atoms with van der Waals surface area (Å²) in [6.07, 6.45) is 1.19. The van der Waals surface area contributed by atoms with Crippen LogP contribution in [0.1, 0.15) is 36.4 Å². The zero-order valence-corrected chi connectivity index (χ0v) is 18.5. The molecule has 1 aliphatic heterocycles. The molecule has 0 bridgehead atoms. The van der Waals surface area contributed by atoms with Gasteiger partial charge in [-0.2, -0.15) is 4.31 Å². The second kappa shape index (κ2) is 9.15. The molecule has 1 aromatic carbocycles. The highest BCUT2D eigenvalue weighted by Gasteiger charge is 2.35. The molecule has 0 spiro atoms. The molecule has 1 aliphatic rings. The third-order valence-corrected chi connectivity index (χ3v) is 8.02. The van der Waals surface area contributed by atoms with E-state index in [-0.39, 0.29) is 22.2 Å². The number of anilines is 1. The number of thiophene rings is 1. The summed E-state index contributed by atoms with van der Waals surface area (Å²) < 4.78 is 26.8. The number of nitrogens with one attached hydrogen (secondary N) is 1. The minimum atomic E-state index is -3.74. The molecule has 0 radical (unpaired) electrons. The lowest BCUT2D eigenvalue weighted by Crippen LogP contribution is -2.43. The fraction of sp³-hybridized carbons (Fsp3) is 0.400.